The molecule has 0 saturated carbocycles. The van der Waals surface area contributed by atoms with Crippen LogP contribution < -0.4 is 0 Å². The summed E-state index contributed by atoms with van der Waals surface area (Å²) in [6.45, 7) is 0. The maximum atomic E-state index is 14.2. The van der Waals surface area contributed by atoms with Gasteiger partial charge in [0.05, 0.1) is 31.2 Å². The van der Waals surface area contributed by atoms with Gasteiger partial charge in [0.25, 0.3) is 0 Å². The summed E-state index contributed by atoms with van der Waals surface area (Å²) in [4.78, 5) is 0.784. The van der Waals surface area contributed by atoms with Crippen LogP contribution in [0, 0.1) is 0 Å². The Morgan fingerprint density at radius 3 is 1.80 bits per heavy atom. The predicted octanol–water partition coefficient (Wildman–Crippen LogP) is 10.2. The Balaban J connectivity index is 1.29. The molecule has 1 unspecified atom stereocenters. The van der Waals surface area contributed by atoms with Gasteiger partial charge >= 0.3 is 0 Å². The van der Waals surface area contributed by atoms with Gasteiger partial charge < -0.3 is 4.57 Å². The highest BCUT2D eigenvalue weighted by atomic mass is 32.2. The lowest BCUT2D eigenvalue weighted by molar-refractivity contribution is 0.680. The molecule has 8 aromatic rings. The van der Waals surface area contributed by atoms with Crippen LogP contribution in [0.3, 0.4) is 0 Å². The van der Waals surface area contributed by atoms with Crippen LogP contribution in [0.5, 0.6) is 0 Å². The zero-order chi connectivity index (χ0) is 29.4. The van der Waals surface area contributed by atoms with Crippen molar-refractivity contribution in [2.45, 2.75) is 4.90 Å². The topological polar surface area (TPSA) is 39.3 Å². The van der Waals surface area contributed by atoms with E-state index in [1.807, 2.05) is 24.3 Å². The largest absolute Gasteiger partial charge is 0.309 e. The van der Waals surface area contributed by atoms with Crippen molar-refractivity contribution in [2.75, 3.05) is 6.26 Å². The average molecular weight is 586 g/mol. The Morgan fingerprint density at radius 2 is 1.07 bits per heavy atom. The number of nitrogens with zero attached hydrogens (tertiary/aromatic N) is 3. The number of rotatable bonds is 3. The summed E-state index contributed by atoms with van der Waals surface area (Å²) in [6.07, 6.45) is 1.76. The maximum Gasteiger partial charge on any atom is 0.156 e. The van der Waals surface area contributed by atoms with Crippen molar-refractivity contribution in [3.05, 3.63) is 146 Å². The monoisotopic (exact) mass is 585 g/mol. The summed E-state index contributed by atoms with van der Waals surface area (Å²) < 4.78 is 23.6. The minimum atomic E-state index is -2.67. The first kappa shape index (κ1) is 25.1. The standard InChI is InChI=1S/C39H27N3OS/c1-44(43)37-23-21-27(25-33(37)38-31-17-9-11-19-35(31)42(39(38)40-44)29-14-6-3-7-15-29)26-20-22-36-32(24-26)30-16-8-10-18-34(30)41(36)28-12-4-2-5-13-28/h2-25H,1H3. The molecule has 0 radical (unpaired) electrons. The number of para-hydroxylation sites is 4. The third kappa shape index (κ3) is 3.60. The van der Waals surface area contributed by atoms with E-state index < -0.39 is 9.73 Å². The Kier molecular flexibility index (Phi) is 5.32. The lowest BCUT2D eigenvalue weighted by atomic mass is 9.97. The lowest BCUT2D eigenvalue weighted by Gasteiger charge is -2.19. The molecular weight excluding hydrogens is 559 g/mol. The Morgan fingerprint density at radius 1 is 0.523 bits per heavy atom. The summed E-state index contributed by atoms with van der Waals surface area (Å²) in [5.74, 6) is 0.746. The van der Waals surface area contributed by atoms with E-state index in [0.29, 0.717) is 0 Å². The van der Waals surface area contributed by atoms with Gasteiger partial charge in [-0.2, -0.15) is 4.36 Å². The SMILES string of the molecule is CS1(=O)=Nc2c(c3ccccc3n2-c2ccccc2)-c2cc(-c3ccc4c(c3)c3ccccc3n4-c3ccccc3)ccc21. The third-order valence-electron chi connectivity index (χ3n) is 8.80. The number of fused-ring (bicyclic) bond motifs is 8. The van der Waals surface area contributed by atoms with Crippen molar-refractivity contribution < 1.29 is 4.21 Å². The first-order valence-electron chi connectivity index (χ1n) is 14.7. The van der Waals surface area contributed by atoms with Crippen molar-refractivity contribution in [1.29, 1.82) is 0 Å². The van der Waals surface area contributed by atoms with Crippen LogP contribution in [-0.2, 0) is 9.73 Å². The van der Waals surface area contributed by atoms with Gasteiger partial charge in [-0.05, 0) is 71.8 Å². The molecule has 0 bridgehead atoms. The van der Waals surface area contributed by atoms with Crippen molar-refractivity contribution in [1.82, 2.24) is 9.13 Å². The highest BCUT2D eigenvalue weighted by Gasteiger charge is 2.29. The minimum absolute atomic E-state index is 0.746. The molecule has 0 saturated heterocycles. The fraction of sp³-hybridized carbons (Fsp3) is 0.0256. The van der Waals surface area contributed by atoms with E-state index in [4.69, 9.17) is 4.36 Å². The number of hydrogen-bond acceptors (Lipinski definition) is 2. The van der Waals surface area contributed by atoms with E-state index in [0.717, 1.165) is 55.2 Å². The van der Waals surface area contributed by atoms with Crippen LogP contribution in [0.15, 0.2) is 155 Å². The van der Waals surface area contributed by atoms with Crippen LogP contribution in [0.25, 0.3) is 66.3 Å². The highest BCUT2D eigenvalue weighted by Crippen LogP contribution is 2.49. The number of benzene rings is 6. The molecule has 4 nitrogen and oxygen atoms in total. The summed E-state index contributed by atoms with van der Waals surface area (Å²) in [7, 11) is -2.67. The second-order valence-corrected chi connectivity index (χ2v) is 13.6. The normalized spacial score (nSPS) is 15.8. The maximum absolute atomic E-state index is 14.2. The van der Waals surface area contributed by atoms with E-state index in [2.05, 4.69) is 130 Å². The quantitative estimate of drug-likeness (QED) is 0.203. The molecule has 0 spiro atoms. The summed E-state index contributed by atoms with van der Waals surface area (Å²) in [5.41, 5.74) is 9.77. The molecule has 0 N–H and O–H groups in total. The van der Waals surface area contributed by atoms with Gasteiger partial charge in [-0.25, -0.2) is 4.21 Å². The third-order valence-corrected chi connectivity index (χ3v) is 10.5. The lowest BCUT2D eigenvalue weighted by Crippen LogP contribution is -2.05. The van der Waals surface area contributed by atoms with Gasteiger partial charge in [-0.1, -0.05) is 84.9 Å². The van der Waals surface area contributed by atoms with E-state index in [9.17, 15) is 4.21 Å². The highest BCUT2D eigenvalue weighted by molar-refractivity contribution is 7.93. The second kappa shape index (κ2) is 9.30. The molecule has 5 heteroatoms. The molecule has 1 aliphatic heterocycles. The van der Waals surface area contributed by atoms with E-state index >= 15 is 0 Å². The van der Waals surface area contributed by atoms with Crippen LogP contribution >= 0.6 is 0 Å². The molecule has 1 atom stereocenters. The predicted molar refractivity (Wildman–Crippen MR) is 183 cm³/mol. The molecule has 2 aromatic heterocycles. The second-order valence-electron chi connectivity index (χ2n) is 11.4. The van der Waals surface area contributed by atoms with Gasteiger partial charge in [0.1, 0.15) is 0 Å². The van der Waals surface area contributed by atoms with Crippen LogP contribution in [0.2, 0.25) is 0 Å². The van der Waals surface area contributed by atoms with E-state index in [1.54, 1.807) is 6.26 Å². The van der Waals surface area contributed by atoms with Gasteiger partial charge in [-0.15, -0.1) is 0 Å². The van der Waals surface area contributed by atoms with E-state index in [-0.39, 0.29) is 0 Å². The van der Waals surface area contributed by atoms with Gasteiger partial charge in [0, 0.05) is 44.9 Å². The van der Waals surface area contributed by atoms with Crippen molar-refractivity contribution >= 4 is 48.3 Å². The summed E-state index contributed by atoms with van der Waals surface area (Å²) in [5, 5.41) is 3.52. The van der Waals surface area contributed by atoms with Crippen molar-refractivity contribution in [3.8, 4) is 33.6 Å². The molecule has 6 aromatic carbocycles. The smallest absolute Gasteiger partial charge is 0.156 e. The molecule has 0 aliphatic carbocycles. The zero-order valence-electron chi connectivity index (χ0n) is 24.0. The Bertz CT molecular complexity index is 2550. The molecule has 1 aliphatic rings. The molecule has 210 valence electrons. The molecule has 44 heavy (non-hydrogen) atoms. The van der Waals surface area contributed by atoms with Crippen LogP contribution in [0.1, 0.15) is 0 Å². The fourth-order valence-electron chi connectivity index (χ4n) is 6.87. The van der Waals surface area contributed by atoms with Crippen LogP contribution in [0.4, 0.5) is 5.82 Å². The molecule has 3 heterocycles. The Labute approximate surface area is 255 Å². The fourth-order valence-corrected chi connectivity index (χ4v) is 8.36. The molecule has 9 rings (SSSR count). The molecule has 0 amide bonds. The first-order chi connectivity index (χ1) is 21.6. The first-order valence-corrected chi connectivity index (χ1v) is 16.7. The van der Waals surface area contributed by atoms with Crippen LogP contribution in [-0.4, -0.2) is 19.6 Å². The summed E-state index contributed by atoms with van der Waals surface area (Å²) >= 11 is 0. The summed E-state index contributed by atoms with van der Waals surface area (Å²) in [6, 6.07) is 50.8. The van der Waals surface area contributed by atoms with Gasteiger partial charge in [-0.3, -0.25) is 4.57 Å². The molecule has 0 fully saturated rings. The van der Waals surface area contributed by atoms with E-state index in [1.165, 1.54) is 21.8 Å². The minimum Gasteiger partial charge on any atom is -0.309 e. The average Bonchev–Trinajstić information content (AvgIpc) is 3.57. The number of aromatic nitrogens is 2. The number of hydrogen-bond donors (Lipinski definition) is 0. The van der Waals surface area contributed by atoms with Crippen molar-refractivity contribution in [3.63, 3.8) is 0 Å². The van der Waals surface area contributed by atoms with Gasteiger partial charge in [0.2, 0.25) is 0 Å². The molecular formula is C39H27N3OS. The Hall–Kier alpha value is -5.39. The van der Waals surface area contributed by atoms with Gasteiger partial charge in [0.15, 0.2) is 5.82 Å². The van der Waals surface area contributed by atoms with Crippen molar-refractivity contribution in [2.24, 2.45) is 4.36 Å². The zero-order valence-corrected chi connectivity index (χ0v) is 24.8.